The van der Waals surface area contributed by atoms with Gasteiger partial charge in [0.25, 0.3) is 5.91 Å². The second kappa shape index (κ2) is 7.09. The van der Waals surface area contributed by atoms with Gasteiger partial charge in [0.2, 0.25) is 5.95 Å². The van der Waals surface area contributed by atoms with Gasteiger partial charge in [-0.15, -0.1) is 0 Å². The Morgan fingerprint density at radius 2 is 1.96 bits per heavy atom. The highest BCUT2D eigenvalue weighted by Crippen LogP contribution is 2.23. The average molecular weight is 403 g/mol. The van der Waals surface area contributed by atoms with E-state index >= 15 is 0 Å². The smallest absolute Gasteiger partial charge is 0.255 e. The topological polar surface area (TPSA) is 58.6 Å². The van der Waals surface area contributed by atoms with Crippen molar-refractivity contribution in [3.63, 3.8) is 0 Å². The summed E-state index contributed by atoms with van der Waals surface area (Å²) >= 11 is 3.47. The number of ether oxygens (including phenoxy) is 1. The van der Waals surface area contributed by atoms with E-state index in [9.17, 15) is 4.79 Å². The minimum Gasteiger partial charge on any atom is -0.378 e. The number of fused-ring (bicyclic) bond motifs is 1. The summed E-state index contributed by atoms with van der Waals surface area (Å²) < 4.78 is 6.21. The van der Waals surface area contributed by atoms with Gasteiger partial charge < -0.3 is 14.5 Å². The van der Waals surface area contributed by atoms with Crippen LogP contribution in [-0.2, 0) is 17.7 Å². The number of nitrogens with zero attached hydrogens (tertiary/aromatic N) is 4. The lowest BCUT2D eigenvalue weighted by Crippen LogP contribution is -2.39. The number of amides is 1. The maximum Gasteiger partial charge on any atom is 0.255 e. The van der Waals surface area contributed by atoms with Crippen molar-refractivity contribution in [3.8, 4) is 0 Å². The number of morpholine rings is 1. The molecule has 2 aliphatic rings. The summed E-state index contributed by atoms with van der Waals surface area (Å²) in [6.45, 7) is 4.22. The van der Waals surface area contributed by atoms with Crippen LogP contribution in [0.25, 0.3) is 0 Å². The maximum atomic E-state index is 12.8. The molecule has 1 fully saturated rings. The molecule has 0 saturated carbocycles. The predicted molar refractivity (Wildman–Crippen MR) is 97.7 cm³/mol. The molecule has 1 aromatic carbocycles. The molecule has 2 aliphatic heterocycles. The summed E-state index contributed by atoms with van der Waals surface area (Å²) in [5.41, 5.74) is 2.77. The van der Waals surface area contributed by atoms with Crippen molar-refractivity contribution in [2.75, 3.05) is 37.7 Å². The summed E-state index contributed by atoms with van der Waals surface area (Å²) in [6, 6.07) is 7.54. The molecule has 130 valence electrons. The normalized spacial score (nSPS) is 17.3. The number of aromatic nitrogens is 2. The van der Waals surface area contributed by atoms with E-state index in [-0.39, 0.29) is 5.91 Å². The Morgan fingerprint density at radius 1 is 1.16 bits per heavy atom. The SMILES string of the molecule is O=C(c1ccccc1Br)N1CCc2cnc(N3CCOCC3)nc2C1. The first kappa shape index (κ1) is 16.5. The monoisotopic (exact) mass is 402 g/mol. The minimum absolute atomic E-state index is 0.0321. The van der Waals surface area contributed by atoms with E-state index in [2.05, 4.69) is 25.8 Å². The van der Waals surface area contributed by atoms with Gasteiger partial charge in [0, 0.05) is 30.3 Å². The van der Waals surface area contributed by atoms with Crippen molar-refractivity contribution >= 4 is 27.8 Å². The molecule has 0 N–H and O–H groups in total. The van der Waals surface area contributed by atoms with Crippen LogP contribution in [0.4, 0.5) is 5.95 Å². The fraction of sp³-hybridized carbons (Fsp3) is 0.389. The molecule has 6 nitrogen and oxygen atoms in total. The number of benzene rings is 1. The number of carbonyl (C=O) groups is 1. The van der Waals surface area contributed by atoms with Crippen LogP contribution in [0.3, 0.4) is 0 Å². The molecule has 4 rings (SSSR count). The molecule has 1 saturated heterocycles. The van der Waals surface area contributed by atoms with Crippen LogP contribution in [0, 0.1) is 0 Å². The number of hydrogen-bond acceptors (Lipinski definition) is 5. The van der Waals surface area contributed by atoms with Gasteiger partial charge in [-0.05, 0) is 40.0 Å². The van der Waals surface area contributed by atoms with Crippen LogP contribution in [-0.4, -0.2) is 53.6 Å². The van der Waals surface area contributed by atoms with E-state index in [1.807, 2.05) is 35.4 Å². The second-order valence-corrected chi connectivity index (χ2v) is 7.05. The second-order valence-electron chi connectivity index (χ2n) is 6.20. The average Bonchev–Trinajstić information content (AvgIpc) is 2.67. The number of anilines is 1. The third kappa shape index (κ3) is 3.39. The molecular weight excluding hydrogens is 384 g/mol. The van der Waals surface area contributed by atoms with Crippen LogP contribution < -0.4 is 4.90 Å². The number of rotatable bonds is 2. The van der Waals surface area contributed by atoms with Gasteiger partial charge in [0.15, 0.2) is 0 Å². The van der Waals surface area contributed by atoms with Crippen LogP contribution >= 0.6 is 15.9 Å². The van der Waals surface area contributed by atoms with Crippen LogP contribution in [0.15, 0.2) is 34.9 Å². The molecule has 0 spiro atoms. The molecular formula is C18H19BrN4O2. The van der Waals surface area contributed by atoms with Crippen LogP contribution in [0.1, 0.15) is 21.6 Å². The molecule has 2 aromatic rings. The molecule has 3 heterocycles. The van der Waals surface area contributed by atoms with E-state index in [1.54, 1.807) is 0 Å². The first-order valence-corrected chi connectivity index (χ1v) is 9.23. The highest BCUT2D eigenvalue weighted by molar-refractivity contribution is 9.10. The van der Waals surface area contributed by atoms with E-state index in [4.69, 9.17) is 9.72 Å². The fourth-order valence-electron chi connectivity index (χ4n) is 3.19. The van der Waals surface area contributed by atoms with E-state index in [1.165, 1.54) is 0 Å². The van der Waals surface area contributed by atoms with Crippen molar-refractivity contribution in [2.24, 2.45) is 0 Å². The van der Waals surface area contributed by atoms with E-state index < -0.39 is 0 Å². The molecule has 0 atom stereocenters. The Labute approximate surface area is 154 Å². The largest absolute Gasteiger partial charge is 0.378 e. The molecule has 1 amide bonds. The third-order valence-electron chi connectivity index (χ3n) is 4.62. The van der Waals surface area contributed by atoms with Crippen LogP contribution in [0.2, 0.25) is 0 Å². The van der Waals surface area contributed by atoms with Gasteiger partial charge in [-0.2, -0.15) is 0 Å². The molecule has 0 aliphatic carbocycles. The summed E-state index contributed by atoms with van der Waals surface area (Å²) in [5, 5.41) is 0. The lowest BCUT2D eigenvalue weighted by Gasteiger charge is -2.31. The third-order valence-corrected chi connectivity index (χ3v) is 5.31. The lowest BCUT2D eigenvalue weighted by molar-refractivity contribution is 0.0730. The molecule has 0 bridgehead atoms. The molecule has 25 heavy (non-hydrogen) atoms. The fourth-order valence-corrected chi connectivity index (χ4v) is 3.64. The Hall–Kier alpha value is -1.99. The molecule has 0 radical (unpaired) electrons. The standard InChI is InChI=1S/C18H19BrN4O2/c19-15-4-2-1-3-14(15)17(24)23-6-5-13-11-20-18(21-16(13)12-23)22-7-9-25-10-8-22/h1-4,11H,5-10,12H2. The number of carbonyl (C=O) groups excluding carboxylic acids is 1. The van der Waals surface area contributed by atoms with Gasteiger partial charge in [-0.25, -0.2) is 9.97 Å². The van der Waals surface area contributed by atoms with E-state index in [0.29, 0.717) is 31.9 Å². The zero-order valence-corrected chi connectivity index (χ0v) is 15.4. The number of halogens is 1. The summed E-state index contributed by atoms with van der Waals surface area (Å²) in [7, 11) is 0. The minimum atomic E-state index is 0.0321. The molecule has 7 heteroatoms. The Kier molecular flexibility index (Phi) is 4.67. The van der Waals surface area contributed by atoms with Gasteiger partial charge in [-0.3, -0.25) is 4.79 Å². The van der Waals surface area contributed by atoms with Crippen molar-refractivity contribution in [1.29, 1.82) is 0 Å². The molecule has 1 aromatic heterocycles. The van der Waals surface area contributed by atoms with E-state index in [0.717, 1.165) is 41.2 Å². The van der Waals surface area contributed by atoms with Gasteiger partial charge >= 0.3 is 0 Å². The zero-order chi connectivity index (χ0) is 17.2. The van der Waals surface area contributed by atoms with Crippen LogP contribution in [0.5, 0.6) is 0 Å². The van der Waals surface area contributed by atoms with Crippen molar-refractivity contribution in [2.45, 2.75) is 13.0 Å². The van der Waals surface area contributed by atoms with Gasteiger partial charge in [-0.1, -0.05) is 12.1 Å². The Bertz CT molecular complexity index is 792. The maximum absolute atomic E-state index is 12.8. The first-order valence-electron chi connectivity index (χ1n) is 8.43. The van der Waals surface area contributed by atoms with Crippen molar-refractivity contribution in [1.82, 2.24) is 14.9 Å². The van der Waals surface area contributed by atoms with Gasteiger partial charge in [0.1, 0.15) is 0 Å². The first-order chi connectivity index (χ1) is 12.2. The Balaban J connectivity index is 1.55. The highest BCUT2D eigenvalue weighted by atomic mass is 79.9. The Morgan fingerprint density at radius 3 is 2.76 bits per heavy atom. The van der Waals surface area contributed by atoms with Crippen molar-refractivity contribution in [3.05, 3.63) is 51.8 Å². The predicted octanol–water partition coefficient (Wildman–Crippen LogP) is 2.27. The highest BCUT2D eigenvalue weighted by Gasteiger charge is 2.25. The summed E-state index contributed by atoms with van der Waals surface area (Å²) in [6.07, 6.45) is 2.70. The molecule has 0 unspecified atom stereocenters. The summed E-state index contributed by atoms with van der Waals surface area (Å²) in [5.74, 6) is 0.766. The summed E-state index contributed by atoms with van der Waals surface area (Å²) in [4.78, 5) is 26.1. The lowest BCUT2D eigenvalue weighted by atomic mass is 10.1. The quantitative estimate of drug-likeness (QED) is 0.770. The zero-order valence-electron chi connectivity index (χ0n) is 13.8. The van der Waals surface area contributed by atoms with Crippen molar-refractivity contribution < 1.29 is 9.53 Å². The van der Waals surface area contributed by atoms with Gasteiger partial charge in [0.05, 0.1) is 31.0 Å². The number of hydrogen-bond donors (Lipinski definition) is 0.